The molecule has 0 spiro atoms. The van der Waals surface area contributed by atoms with Gasteiger partial charge < -0.3 is 10.2 Å². The number of likely N-dealkylation sites (N-methyl/N-ethyl adjacent to an activating group) is 1. The molecular formula is C16H34N2. The first kappa shape index (κ1) is 16.0. The topological polar surface area (TPSA) is 15.3 Å². The van der Waals surface area contributed by atoms with Crippen LogP contribution < -0.4 is 5.32 Å². The van der Waals surface area contributed by atoms with Crippen LogP contribution in [-0.2, 0) is 0 Å². The fraction of sp³-hybridized carbons (Fsp3) is 1.00. The van der Waals surface area contributed by atoms with Gasteiger partial charge in [0.2, 0.25) is 0 Å². The van der Waals surface area contributed by atoms with Crippen LogP contribution in [0.4, 0.5) is 0 Å². The average Bonchev–Trinajstić information content (AvgIpc) is 2.33. The lowest BCUT2D eigenvalue weighted by Gasteiger charge is -2.38. The van der Waals surface area contributed by atoms with E-state index in [1.165, 1.54) is 58.0 Å². The van der Waals surface area contributed by atoms with Crippen molar-refractivity contribution in [1.82, 2.24) is 10.2 Å². The Balaban J connectivity index is 2.05. The van der Waals surface area contributed by atoms with Crippen molar-refractivity contribution in [1.29, 1.82) is 0 Å². The van der Waals surface area contributed by atoms with Gasteiger partial charge in [0.1, 0.15) is 0 Å². The minimum Gasteiger partial charge on any atom is -0.315 e. The molecule has 0 unspecified atom stereocenters. The molecule has 1 rings (SSSR count). The third kappa shape index (κ3) is 6.19. The molecule has 108 valence electrons. The van der Waals surface area contributed by atoms with Crippen molar-refractivity contribution >= 4 is 0 Å². The molecule has 0 heterocycles. The first-order chi connectivity index (χ1) is 8.55. The maximum Gasteiger partial charge on any atom is 0.0107 e. The summed E-state index contributed by atoms with van der Waals surface area (Å²) >= 11 is 0. The Kier molecular flexibility index (Phi) is 7.25. The Morgan fingerprint density at radius 2 is 1.78 bits per heavy atom. The van der Waals surface area contributed by atoms with Crippen LogP contribution in [0.1, 0.15) is 65.7 Å². The van der Waals surface area contributed by atoms with Crippen LogP contribution >= 0.6 is 0 Å². The van der Waals surface area contributed by atoms with Gasteiger partial charge in [-0.2, -0.15) is 0 Å². The first-order valence-electron chi connectivity index (χ1n) is 7.96. The summed E-state index contributed by atoms with van der Waals surface area (Å²) < 4.78 is 0. The molecule has 1 aliphatic rings. The van der Waals surface area contributed by atoms with Crippen molar-refractivity contribution in [2.75, 3.05) is 26.7 Å². The summed E-state index contributed by atoms with van der Waals surface area (Å²) in [5.74, 6) is 0. The zero-order valence-corrected chi connectivity index (χ0v) is 13.1. The molecule has 1 saturated carbocycles. The van der Waals surface area contributed by atoms with E-state index in [0.29, 0.717) is 5.41 Å². The lowest BCUT2D eigenvalue weighted by Crippen LogP contribution is -2.40. The van der Waals surface area contributed by atoms with Crippen LogP contribution in [0.15, 0.2) is 0 Å². The second kappa shape index (κ2) is 8.16. The summed E-state index contributed by atoms with van der Waals surface area (Å²) in [4.78, 5) is 2.57. The fourth-order valence-corrected chi connectivity index (χ4v) is 2.89. The van der Waals surface area contributed by atoms with Gasteiger partial charge in [-0.25, -0.2) is 0 Å². The summed E-state index contributed by atoms with van der Waals surface area (Å²) in [6, 6.07) is 0.829. The van der Waals surface area contributed by atoms with E-state index < -0.39 is 0 Å². The SMILES string of the molecule is CCCCCNCCN(C)C1CCC(C)(C)CC1. The van der Waals surface area contributed by atoms with Gasteiger partial charge in [0, 0.05) is 19.1 Å². The van der Waals surface area contributed by atoms with E-state index in [2.05, 4.69) is 38.0 Å². The molecule has 0 radical (unpaired) electrons. The zero-order valence-electron chi connectivity index (χ0n) is 13.1. The van der Waals surface area contributed by atoms with Crippen molar-refractivity contribution < 1.29 is 0 Å². The molecule has 0 aromatic carbocycles. The molecule has 1 aliphatic carbocycles. The Labute approximate surface area is 115 Å². The van der Waals surface area contributed by atoms with Crippen LogP contribution in [0.5, 0.6) is 0 Å². The van der Waals surface area contributed by atoms with Crippen molar-refractivity contribution in [3.63, 3.8) is 0 Å². The minimum atomic E-state index is 0.593. The standard InChI is InChI=1S/C16H34N2/c1-5-6-7-12-17-13-14-18(4)15-8-10-16(2,3)11-9-15/h15,17H,5-14H2,1-4H3. The Hall–Kier alpha value is -0.0800. The zero-order chi connectivity index (χ0) is 13.4. The van der Waals surface area contributed by atoms with Crippen molar-refractivity contribution in [3.05, 3.63) is 0 Å². The Bertz CT molecular complexity index is 203. The van der Waals surface area contributed by atoms with Gasteiger partial charge in [-0.1, -0.05) is 33.6 Å². The number of hydrogen-bond donors (Lipinski definition) is 1. The monoisotopic (exact) mass is 254 g/mol. The lowest BCUT2D eigenvalue weighted by molar-refractivity contribution is 0.128. The van der Waals surface area contributed by atoms with Crippen LogP contribution in [0.25, 0.3) is 0 Å². The van der Waals surface area contributed by atoms with E-state index in [9.17, 15) is 0 Å². The number of unbranched alkanes of at least 4 members (excludes halogenated alkanes) is 2. The van der Waals surface area contributed by atoms with E-state index >= 15 is 0 Å². The molecule has 0 bridgehead atoms. The maximum atomic E-state index is 3.56. The smallest absolute Gasteiger partial charge is 0.0107 e. The van der Waals surface area contributed by atoms with Gasteiger partial charge in [0.15, 0.2) is 0 Å². The minimum absolute atomic E-state index is 0.593. The summed E-state index contributed by atoms with van der Waals surface area (Å²) in [5, 5.41) is 3.56. The molecule has 1 fully saturated rings. The quantitative estimate of drug-likeness (QED) is 0.665. The van der Waals surface area contributed by atoms with E-state index in [1.807, 2.05) is 0 Å². The van der Waals surface area contributed by atoms with Crippen LogP contribution in [0.2, 0.25) is 0 Å². The second-order valence-corrected chi connectivity index (χ2v) is 6.83. The summed E-state index contributed by atoms with van der Waals surface area (Å²) in [7, 11) is 2.30. The summed E-state index contributed by atoms with van der Waals surface area (Å²) in [6.07, 6.45) is 9.58. The molecular weight excluding hydrogens is 220 g/mol. The van der Waals surface area contributed by atoms with Crippen LogP contribution in [-0.4, -0.2) is 37.6 Å². The second-order valence-electron chi connectivity index (χ2n) is 6.83. The van der Waals surface area contributed by atoms with Gasteiger partial charge in [0.05, 0.1) is 0 Å². The molecule has 0 aliphatic heterocycles. The highest BCUT2D eigenvalue weighted by atomic mass is 15.1. The largest absolute Gasteiger partial charge is 0.315 e. The normalized spacial score (nSPS) is 20.5. The number of nitrogens with zero attached hydrogens (tertiary/aromatic N) is 1. The molecule has 0 aromatic rings. The highest BCUT2D eigenvalue weighted by Crippen LogP contribution is 2.36. The lowest BCUT2D eigenvalue weighted by atomic mass is 9.75. The first-order valence-corrected chi connectivity index (χ1v) is 7.96. The third-order valence-corrected chi connectivity index (χ3v) is 4.53. The molecule has 0 atom stereocenters. The van der Waals surface area contributed by atoms with Gasteiger partial charge in [0.25, 0.3) is 0 Å². The van der Waals surface area contributed by atoms with E-state index in [-0.39, 0.29) is 0 Å². The molecule has 18 heavy (non-hydrogen) atoms. The van der Waals surface area contributed by atoms with Gasteiger partial charge in [-0.05, 0) is 51.1 Å². The number of rotatable bonds is 8. The Morgan fingerprint density at radius 3 is 2.39 bits per heavy atom. The van der Waals surface area contributed by atoms with Crippen molar-refractivity contribution in [2.45, 2.75) is 71.8 Å². The number of nitrogens with one attached hydrogen (secondary N) is 1. The molecule has 2 heteroatoms. The maximum absolute atomic E-state index is 3.56. The van der Waals surface area contributed by atoms with E-state index in [1.54, 1.807) is 0 Å². The third-order valence-electron chi connectivity index (χ3n) is 4.53. The van der Waals surface area contributed by atoms with Crippen molar-refractivity contribution in [2.24, 2.45) is 5.41 Å². The Morgan fingerprint density at radius 1 is 1.11 bits per heavy atom. The average molecular weight is 254 g/mol. The molecule has 0 amide bonds. The highest BCUT2D eigenvalue weighted by molar-refractivity contribution is 4.82. The summed E-state index contributed by atoms with van der Waals surface area (Å²) in [5.41, 5.74) is 0.593. The van der Waals surface area contributed by atoms with Crippen LogP contribution in [0.3, 0.4) is 0 Å². The van der Waals surface area contributed by atoms with E-state index in [4.69, 9.17) is 0 Å². The van der Waals surface area contributed by atoms with Crippen molar-refractivity contribution in [3.8, 4) is 0 Å². The predicted octanol–water partition coefficient (Wildman–Crippen LogP) is 3.67. The van der Waals surface area contributed by atoms with Gasteiger partial charge in [-0.15, -0.1) is 0 Å². The summed E-state index contributed by atoms with van der Waals surface area (Å²) in [6.45, 7) is 10.6. The van der Waals surface area contributed by atoms with E-state index in [0.717, 1.165) is 12.6 Å². The predicted molar refractivity (Wildman–Crippen MR) is 81.1 cm³/mol. The number of hydrogen-bond acceptors (Lipinski definition) is 2. The van der Waals surface area contributed by atoms with Crippen LogP contribution in [0, 0.1) is 5.41 Å². The van der Waals surface area contributed by atoms with Gasteiger partial charge in [-0.3, -0.25) is 0 Å². The molecule has 2 nitrogen and oxygen atoms in total. The fourth-order valence-electron chi connectivity index (χ4n) is 2.89. The molecule has 0 aromatic heterocycles. The molecule has 1 N–H and O–H groups in total. The highest BCUT2D eigenvalue weighted by Gasteiger charge is 2.28. The van der Waals surface area contributed by atoms with Gasteiger partial charge >= 0.3 is 0 Å². The molecule has 0 saturated heterocycles.